The molecule has 0 saturated heterocycles. The first-order valence-electron chi connectivity index (χ1n) is 6.04. The molecule has 0 atom stereocenters. The van der Waals surface area contributed by atoms with Crippen molar-refractivity contribution in [2.45, 2.75) is 32.4 Å². The summed E-state index contributed by atoms with van der Waals surface area (Å²) in [6.07, 6.45) is 2.55. The van der Waals surface area contributed by atoms with Gasteiger partial charge in [0.25, 0.3) is 0 Å². The molecule has 1 aromatic rings. The molecule has 1 N–H and O–H groups in total. The minimum absolute atomic E-state index is 0.270. The Labute approximate surface area is 106 Å². The number of rotatable bonds is 3. The highest BCUT2D eigenvalue weighted by molar-refractivity contribution is 6.32. The zero-order valence-corrected chi connectivity index (χ0v) is 10.6. The van der Waals surface area contributed by atoms with E-state index in [0.717, 1.165) is 23.8 Å². The maximum Gasteiger partial charge on any atom is 0.231 e. The van der Waals surface area contributed by atoms with Crippen LogP contribution < -0.4 is 14.8 Å². The molecule has 1 aliphatic carbocycles. The second-order valence-corrected chi connectivity index (χ2v) is 5.37. The molecule has 1 saturated carbocycles. The molecule has 1 aliphatic heterocycles. The van der Waals surface area contributed by atoms with Crippen LogP contribution in [0.2, 0.25) is 5.02 Å². The molecule has 1 heterocycles. The Balaban J connectivity index is 1.65. The lowest BCUT2D eigenvalue weighted by atomic mass is 9.82. The van der Waals surface area contributed by atoms with Gasteiger partial charge in [-0.2, -0.15) is 0 Å². The predicted octanol–water partition coefficient (Wildman–Crippen LogP) is 2.96. The number of hydrogen-bond acceptors (Lipinski definition) is 3. The van der Waals surface area contributed by atoms with Gasteiger partial charge in [-0.3, -0.25) is 0 Å². The Bertz CT molecular complexity index is 430. The number of hydrogen-bond donors (Lipinski definition) is 1. The van der Waals surface area contributed by atoms with Crippen LogP contribution >= 0.6 is 11.6 Å². The summed E-state index contributed by atoms with van der Waals surface area (Å²) >= 11 is 6.13. The first kappa shape index (κ1) is 11.2. The fourth-order valence-electron chi connectivity index (χ4n) is 2.45. The van der Waals surface area contributed by atoms with Crippen LogP contribution in [0.4, 0.5) is 0 Å². The van der Waals surface area contributed by atoms with Crippen LogP contribution in [0, 0.1) is 5.92 Å². The molecule has 0 amide bonds. The Hall–Kier alpha value is -0.930. The highest BCUT2D eigenvalue weighted by Gasteiger charge is 2.25. The van der Waals surface area contributed by atoms with Crippen LogP contribution in [0.1, 0.15) is 25.3 Å². The highest BCUT2D eigenvalue weighted by atomic mass is 35.5. The van der Waals surface area contributed by atoms with Gasteiger partial charge in [-0.05, 0) is 36.5 Å². The lowest BCUT2D eigenvalue weighted by Gasteiger charge is -2.33. The van der Waals surface area contributed by atoms with Crippen molar-refractivity contribution < 1.29 is 9.47 Å². The van der Waals surface area contributed by atoms with E-state index < -0.39 is 0 Å². The molecule has 1 aromatic carbocycles. The largest absolute Gasteiger partial charge is 0.454 e. The van der Waals surface area contributed by atoms with Crippen LogP contribution in [0.3, 0.4) is 0 Å². The van der Waals surface area contributed by atoms with Crippen molar-refractivity contribution in [3.63, 3.8) is 0 Å². The Morgan fingerprint density at radius 3 is 2.94 bits per heavy atom. The topological polar surface area (TPSA) is 30.5 Å². The number of halogens is 1. The monoisotopic (exact) mass is 253 g/mol. The zero-order valence-electron chi connectivity index (χ0n) is 9.83. The highest BCUT2D eigenvalue weighted by Crippen LogP contribution is 2.39. The van der Waals surface area contributed by atoms with Crippen LogP contribution in [0.15, 0.2) is 12.1 Å². The molecule has 0 unspecified atom stereocenters. The van der Waals surface area contributed by atoms with Gasteiger partial charge in [0.2, 0.25) is 6.79 Å². The predicted molar refractivity (Wildman–Crippen MR) is 66.6 cm³/mol. The van der Waals surface area contributed by atoms with Gasteiger partial charge in [-0.15, -0.1) is 0 Å². The molecule has 0 radical (unpaired) electrons. The van der Waals surface area contributed by atoms with Gasteiger partial charge in [-0.1, -0.05) is 18.5 Å². The maximum atomic E-state index is 6.13. The van der Waals surface area contributed by atoms with Crippen LogP contribution in [0.5, 0.6) is 11.5 Å². The van der Waals surface area contributed by atoms with Gasteiger partial charge in [0.05, 0.1) is 5.02 Å². The molecule has 1 fully saturated rings. The third-order valence-corrected chi connectivity index (χ3v) is 3.74. The van der Waals surface area contributed by atoms with E-state index in [2.05, 4.69) is 12.2 Å². The Morgan fingerprint density at radius 1 is 1.35 bits per heavy atom. The van der Waals surface area contributed by atoms with Gasteiger partial charge in [0.1, 0.15) is 0 Å². The normalized spacial score (nSPS) is 25.8. The van der Waals surface area contributed by atoms with E-state index in [1.165, 1.54) is 12.8 Å². The van der Waals surface area contributed by atoms with E-state index in [-0.39, 0.29) is 6.79 Å². The summed E-state index contributed by atoms with van der Waals surface area (Å²) in [4.78, 5) is 0. The lowest BCUT2D eigenvalue weighted by Crippen LogP contribution is -2.39. The second-order valence-electron chi connectivity index (χ2n) is 4.97. The first-order chi connectivity index (χ1) is 8.22. The molecule has 3 rings (SSSR count). The number of fused-ring (bicyclic) bond motifs is 1. The van der Waals surface area contributed by atoms with E-state index in [4.69, 9.17) is 21.1 Å². The van der Waals surface area contributed by atoms with Crippen molar-refractivity contribution in [1.29, 1.82) is 0 Å². The average Bonchev–Trinajstić information content (AvgIpc) is 2.71. The number of ether oxygens (including phenoxy) is 2. The van der Waals surface area contributed by atoms with Crippen molar-refractivity contribution in [3.05, 3.63) is 22.7 Å². The fraction of sp³-hybridized carbons (Fsp3) is 0.538. The van der Waals surface area contributed by atoms with Crippen LogP contribution in [0.25, 0.3) is 0 Å². The van der Waals surface area contributed by atoms with Gasteiger partial charge in [0.15, 0.2) is 11.5 Å². The van der Waals surface area contributed by atoms with E-state index in [0.29, 0.717) is 16.8 Å². The SMILES string of the molecule is CC1CC(NCc2cc(Cl)c3c(c2)OCO3)C1. The average molecular weight is 254 g/mol. The lowest BCUT2D eigenvalue weighted by molar-refractivity contribution is 0.174. The molecule has 0 spiro atoms. The van der Waals surface area contributed by atoms with Gasteiger partial charge in [-0.25, -0.2) is 0 Å². The fourth-order valence-corrected chi connectivity index (χ4v) is 2.74. The van der Waals surface area contributed by atoms with Crippen molar-refractivity contribution in [1.82, 2.24) is 5.32 Å². The molecular weight excluding hydrogens is 238 g/mol. The van der Waals surface area contributed by atoms with Gasteiger partial charge in [0, 0.05) is 12.6 Å². The second kappa shape index (κ2) is 4.39. The molecule has 92 valence electrons. The van der Waals surface area contributed by atoms with Crippen molar-refractivity contribution in [3.8, 4) is 11.5 Å². The van der Waals surface area contributed by atoms with E-state index in [1.54, 1.807) is 0 Å². The molecule has 3 nitrogen and oxygen atoms in total. The maximum absolute atomic E-state index is 6.13. The number of benzene rings is 1. The van der Waals surface area contributed by atoms with E-state index in [9.17, 15) is 0 Å². The van der Waals surface area contributed by atoms with Crippen molar-refractivity contribution >= 4 is 11.6 Å². The third-order valence-electron chi connectivity index (χ3n) is 3.46. The standard InChI is InChI=1S/C13H16ClNO2/c1-8-2-10(3-8)15-6-9-4-11(14)13-12(5-9)16-7-17-13/h4-5,8,10,15H,2-3,6-7H2,1H3. The van der Waals surface area contributed by atoms with E-state index >= 15 is 0 Å². The summed E-state index contributed by atoms with van der Waals surface area (Å²) in [5.74, 6) is 2.30. The summed E-state index contributed by atoms with van der Waals surface area (Å²) in [5.41, 5.74) is 1.15. The Kier molecular flexibility index (Phi) is 2.89. The van der Waals surface area contributed by atoms with E-state index in [1.807, 2.05) is 12.1 Å². The third kappa shape index (κ3) is 2.22. The minimum Gasteiger partial charge on any atom is -0.454 e. The number of nitrogens with one attached hydrogen (secondary N) is 1. The van der Waals surface area contributed by atoms with Gasteiger partial charge >= 0.3 is 0 Å². The summed E-state index contributed by atoms with van der Waals surface area (Å²) in [5, 5.41) is 4.17. The molecule has 17 heavy (non-hydrogen) atoms. The smallest absolute Gasteiger partial charge is 0.231 e. The Morgan fingerprint density at radius 2 is 2.18 bits per heavy atom. The quantitative estimate of drug-likeness (QED) is 0.899. The molecule has 4 heteroatoms. The zero-order chi connectivity index (χ0) is 11.8. The molecule has 0 aromatic heterocycles. The van der Waals surface area contributed by atoms with Crippen molar-refractivity contribution in [2.75, 3.05) is 6.79 Å². The molecule has 0 bridgehead atoms. The summed E-state index contributed by atoms with van der Waals surface area (Å²) in [7, 11) is 0. The summed E-state index contributed by atoms with van der Waals surface area (Å²) in [6, 6.07) is 4.61. The summed E-state index contributed by atoms with van der Waals surface area (Å²) in [6.45, 7) is 3.40. The van der Waals surface area contributed by atoms with Crippen LogP contribution in [-0.4, -0.2) is 12.8 Å². The van der Waals surface area contributed by atoms with Gasteiger partial charge < -0.3 is 14.8 Å². The molecular formula is C13H16ClNO2. The summed E-state index contributed by atoms with van der Waals surface area (Å²) < 4.78 is 10.6. The first-order valence-corrected chi connectivity index (χ1v) is 6.41. The minimum atomic E-state index is 0.270. The van der Waals surface area contributed by atoms with Crippen LogP contribution in [-0.2, 0) is 6.54 Å². The molecule has 2 aliphatic rings. The van der Waals surface area contributed by atoms with Crippen molar-refractivity contribution in [2.24, 2.45) is 5.92 Å².